The molecule has 68 valence electrons. The minimum Gasteiger partial charge on any atom is -0.297 e. The van der Waals surface area contributed by atoms with Crippen molar-refractivity contribution in [3.05, 3.63) is 33.4 Å². The van der Waals surface area contributed by atoms with E-state index >= 15 is 0 Å². The standard InChI is InChI=1S/C9H10N2OS/c1-2-6-3-4-8(13-6)7-5-9(12)11-10-7/h3-5H,2H2,1H3,(H2,10,11,12). The zero-order valence-corrected chi connectivity index (χ0v) is 8.07. The Labute approximate surface area is 79.4 Å². The molecule has 0 spiro atoms. The van der Waals surface area contributed by atoms with Crippen LogP contribution in [0.1, 0.15) is 11.8 Å². The third kappa shape index (κ3) is 1.58. The molecule has 2 aromatic heterocycles. The maximum atomic E-state index is 10.9. The number of hydrogen-bond donors (Lipinski definition) is 2. The summed E-state index contributed by atoms with van der Waals surface area (Å²) in [7, 11) is 0. The average molecular weight is 194 g/mol. The van der Waals surface area contributed by atoms with E-state index < -0.39 is 0 Å². The van der Waals surface area contributed by atoms with Crippen molar-refractivity contribution in [3.8, 4) is 10.6 Å². The fraction of sp³-hybridized carbons (Fsp3) is 0.222. The normalized spacial score (nSPS) is 10.5. The molecule has 2 aromatic rings. The lowest BCUT2D eigenvalue weighted by molar-refractivity contribution is 1.06. The van der Waals surface area contributed by atoms with Crippen LogP contribution in [-0.4, -0.2) is 10.2 Å². The van der Waals surface area contributed by atoms with Crippen molar-refractivity contribution in [1.29, 1.82) is 0 Å². The van der Waals surface area contributed by atoms with E-state index in [1.165, 1.54) is 4.88 Å². The quantitative estimate of drug-likeness (QED) is 0.754. The van der Waals surface area contributed by atoms with Crippen molar-refractivity contribution in [2.24, 2.45) is 0 Å². The average Bonchev–Trinajstić information content (AvgIpc) is 2.71. The molecule has 0 radical (unpaired) electrons. The Morgan fingerprint density at radius 2 is 2.23 bits per heavy atom. The van der Waals surface area contributed by atoms with Gasteiger partial charge in [-0.05, 0) is 18.6 Å². The summed E-state index contributed by atoms with van der Waals surface area (Å²) in [4.78, 5) is 13.3. The van der Waals surface area contributed by atoms with Gasteiger partial charge in [0.15, 0.2) is 0 Å². The van der Waals surface area contributed by atoms with Gasteiger partial charge in [0.05, 0.1) is 10.6 Å². The number of rotatable bonds is 2. The number of H-pyrrole nitrogens is 2. The van der Waals surface area contributed by atoms with E-state index in [2.05, 4.69) is 23.2 Å². The van der Waals surface area contributed by atoms with Gasteiger partial charge in [-0.15, -0.1) is 11.3 Å². The Bertz CT molecular complexity index is 452. The second kappa shape index (κ2) is 3.22. The fourth-order valence-corrected chi connectivity index (χ4v) is 2.10. The number of aromatic nitrogens is 2. The maximum Gasteiger partial charge on any atom is 0.264 e. The van der Waals surface area contributed by atoms with Crippen molar-refractivity contribution in [2.75, 3.05) is 0 Å². The largest absolute Gasteiger partial charge is 0.297 e. The second-order valence-electron chi connectivity index (χ2n) is 2.79. The van der Waals surface area contributed by atoms with Crippen molar-refractivity contribution < 1.29 is 0 Å². The third-order valence-corrected chi connectivity index (χ3v) is 3.13. The smallest absolute Gasteiger partial charge is 0.264 e. The Morgan fingerprint density at radius 3 is 2.77 bits per heavy atom. The molecule has 0 aliphatic carbocycles. The van der Waals surface area contributed by atoms with Gasteiger partial charge >= 0.3 is 0 Å². The van der Waals surface area contributed by atoms with Gasteiger partial charge in [0.25, 0.3) is 5.56 Å². The molecule has 0 aliphatic rings. The van der Waals surface area contributed by atoms with Crippen molar-refractivity contribution in [1.82, 2.24) is 10.2 Å². The van der Waals surface area contributed by atoms with E-state index in [4.69, 9.17) is 0 Å². The molecule has 2 N–H and O–H groups in total. The molecule has 0 atom stereocenters. The molecule has 0 unspecified atom stereocenters. The monoisotopic (exact) mass is 194 g/mol. The van der Waals surface area contributed by atoms with E-state index in [0.717, 1.165) is 17.0 Å². The van der Waals surface area contributed by atoms with Gasteiger partial charge in [-0.25, -0.2) is 0 Å². The molecule has 2 heterocycles. The highest BCUT2D eigenvalue weighted by Crippen LogP contribution is 2.25. The van der Waals surface area contributed by atoms with Gasteiger partial charge in [0.1, 0.15) is 0 Å². The Hall–Kier alpha value is -1.29. The SMILES string of the molecule is CCc1ccc(-c2cc(=O)[nH][nH]2)s1. The number of thiophene rings is 1. The van der Waals surface area contributed by atoms with Crippen LogP contribution in [0.5, 0.6) is 0 Å². The topological polar surface area (TPSA) is 48.6 Å². The first-order chi connectivity index (χ1) is 6.29. The van der Waals surface area contributed by atoms with Crippen LogP contribution >= 0.6 is 11.3 Å². The van der Waals surface area contributed by atoms with Crippen LogP contribution in [0.25, 0.3) is 10.6 Å². The summed E-state index contributed by atoms with van der Waals surface area (Å²) in [5.41, 5.74) is 0.788. The number of hydrogen-bond acceptors (Lipinski definition) is 2. The second-order valence-corrected chi connectivity index (χ2v) is 3.96. The molecule has 0 amide bonds. The molecule has 0 fully saturated rings. The predicted molar refractivity (Wildman–Crippen MR) is 54.1 cm³/mol. The van der Waals surface area contributed by atoms with Gasteiger partial charge in [-0.2, -0.15) is 0 Å². The van der Waals surface area contributed by atoms with Crippen molar-refractivity contribution >= 4 is 11.3 Å². The minimum absolute atomic E-state index is 0.0820. The fourth-order valence-electron chi connectivity index (χ4n) is 1.18. The maximum absolute atomic E-state index is 10.9. The molecule has 0 bridgehead atoms. The zero-order chi connectivity index (χ0) is 9.26. The Balaban J connectivity index is 2.40. The zero-order valence-electron chi connectivity index (χ0n) is 7.26. The van der Waals surface area contributed by atoms with Crippen LogP contribution in [0, 0.1) is 0 Å². The molecule has 0 saturated heterocycles. The third-order valence-electron chi connectivity index (χ3n) is 1.87. The molecule has 0 aliphatic heterocycles. The molecular weight excluding hydrogens is 184 g/mol. The highest BCUT2D eigenvalue weighted by atomic mass is 32.1. The molecule has 4 heteroatoms. The van der Waals surface area contributed by atoms with Gasteiger partial charge < -0.3 is 0 Å². The van der Waals surface area contributed by atoms with E-state index in [9.17, 15) is 4.79 Å². The van der Waals surface area contributed by atoms with Gasteiger partial charge in [0, 0.05) is 10.9 Å². The summed E-state index contributed by atoms with van der Waals surface area (Å²) in [6.07, 6.45) is 1.04. The highest BCUT2D eigenvalue weighted by Gasteiger charge is 2.03. The van der Waals surface area contributed by atoms with E-state index in [0.29, 0.717) is 0 Å². The first-order valence-electron chi connectivity index (χ1n) is 4.16. The van der Waals surface area contributed by atoms with Crippen LogP contribution in [0.2, 0.25) is 0 Å². The summed E-state index contributed by atoms with van der Waals surface area (Å²) >= 11 is 1.71. The molecule has 0 saturated carbocycles. The minimum atomic E-state index is -0.0820. The van der Waals surface area contributed by atoms with Gasteiger partial charge in [-0.3, -0.25) is 15.0 Å². The summed E-state index contributed by atoms with van der Waals surface area (Å²) in [5, 5.41) is 5.35. The Morgan fingerprint density at radius 1 is 1.38 bits per heavy atom. The lowest BCUT2D eigenvalue weighted by Crippen LogP contribution is -1.93. The number of nitrogens with one attached hydrogen (secondary N) is 2. The molecule has 3 nitrogen and oxygen atoms in total. The van der Waals surface area contributed by atoms with E-state index in [1.54, 1.807) is 17.4 Å². The highest BCUT2D eigenvalue weighted by molar-refractivity contribution is 7.15. The lowest BCUT2D eigenvalue weighted by atomic mass is 10.3. The Kier molecular flexibility index (Phi) is 2.06. The van der Waals surface area contributed by atoms with Crippen LogP contribution < -0.4 is 5.56 Å². The number of aromatic amines is 2. The van der Waals surface area contributed by atoms with Crippen LogP contribution in [0.15, 0.2) is 23.0 Å². The van der Waals surface area contributed by atoms with Gasteiger partial charge in [-0.1, -0.05) is 6.92 Å². The molecule has 13 heavy (non-hydrogen) atoms. The van der Waals surface area contributed by atoms with Crippen molar-refractivity contribution in [3.63, 3.8) is 0 Å². The summed E-state index contributed by atoms with van der Waals surface area (Å²) < 4.78 is 0. The van der Waals surface area contributed by atoms with Crippen LogP contribution in [0.3, 0.4) is 0 Å². The van der Waals surface area contributed by atoms with E-state index in [-0.39, 0.29) is 5.56 Å². The van der Waals surface area contributed by atoms with E-state index in [1.807, 2.05) is 6.07 Å². The molecule has 2 rings (SSSR count). The van der Waals surface area contributed by atoms with Crippen molar-refractivity contribution in [2.45, 2.75) is 13.3 Å². The summed E-state index contributed by atoms with van der Waals surface area (Å²) in [6, 6.07) is 5.69. The van der Waals surface area contributed by atoms with Crippen LogP contribution in [0.4, 0.5) is 0 Å². The van der Waals surface area contributed by atoms with Crippen LogP contribution in [-0.2, 0) is 6.42 Å². The molecular formula is C9H10N2OS. The first-order valence-corrected chi connectivity index (χ1v) is 4.98. The molecule has 0 aromatic carbocycles. The number of aryl methyl sites for hydroxylation is 1. The summed E-state index contributed by atoms with van der Waals surface area (Å²) in [6.45, 7) is 2.12. The lowest BCUT2D eigenvalue weighted by Gasteiger charge is -1.88. The van der Waals surface area contributed by atoms with Gasteiger partial charge in [0.2, 0.25) is 0 Å². The predicted octanol–water partition coefficient (Wildman–Crippen LogP) is 1.99. The summed E-state index contributed by atoms with van der Waals surface area (Å²) in [5.74, 6) is 0. The first kappa shape index (κ1) is 8.31.